The van der Waals surface area contributed by atoms with E-state index in [0.29, 0.717) is 5.75 Å². The van der Waals surface area contributed by atoms with Crippen LogP contribution in [0.1, 0.15) is 6.92 Å². The number of carbonyl (C=O) groups is 1. The summed E-state index contributed by atoms with van der Waals surface area (Å²) in [6.07, 6.45) is 0. The highest BCUT2D eigenvalue weighted by Gasteiger charge is 2.32. The molecule has 0 fully saturated rings. The van der Waals surface area contributed by atoms with Gasteiger partial charge in [-0.2, -0.15) is 0 Å². The van der Waals surface area contributed by atoms with Crippen LogP contribution in [0.3, 0.4) is 0 Å². The van der Waals surface area contributed by atoms with Gasteiger partial charge in [0.15, 0.2) is 15.5 Å². The quantitative estimate of drug-likeness (QED) is 0.240. The first-order valence-corrected chi connectivity index (χ1v) is 10.1. The Hall–Kier alpha value is -2.04. The van der Waals surface area contributed by atoms with Gasteiger partial charge in [0.2, 0.25) is 4.90 Å². The van der Waals surface area contributed by atoms with E-state index in [2.05, 4.69) is 40.2 Å². The molecule has 0 aromatic heterocycles. The molecule has 4 heteroatoms. The summed E-state index contributed by atoms with van der Waals surface area (Å²) in [5.41, 5.74) is 0. The van der Waals surface area contributed by atoms with Crippen molar-refractivity contribution in [3.05, 3.63) is 84.9 Å². The van der Waals surface area contributed by atoms with E-state index in [0.717, 1.165) is 4.90 Å². The number of ether oxygens (including phenoxy) is 1. The first kappa shape index (κ1) is 17.8. The van der Waals surface area contributed by atoms with Crippen molar-refractivity contribution in [2.45, 2.75) is 26.4 Å². The number of esters is 1. The van der Waals surface area contributed by atoms with Gasteiger partial charge in [0.1, 0.15) is 15.7 Å². The summed E-state index contributed by atoms with van der Waals surface area (Å²) in [5, 5.41) is 0. The average molecular weight is 414 g/mol. The number of hydrogen-bond acceptors (Lipinski definition) is 2. The Morgan fingerprint density at radius 1 is 0.840 bits per heavy atom. The van der Waals surface area contributed by atoms with Gasteiger partial charge in [0.25, 0.3) is 0 Å². The molecule has 0 aliphatic rings. The van der Waals surface area contributed by atoms with Crippen molar-refractivity contribution in [1.82, 2.24) is 0 Å². The SMILES string of the molecule is CC(Br)C(=O)Oc1ccccc1[S+](c1ccccc1)c1ccccc1. The molecular formula is C21H18BrO2S+. The topological polar surface area (TPSA) is 26.3 Å². The van der Waals surface area contributed by atoms with Crippen LogP contribution in [0.2, 0.25) is 0 Å². The normalized spacial score (nSPS) is 12.0. The summed E-state index contributed by atoms with van der Waals surface area (Å²) in [7, 11) is -0.348. The number of para-hydroxylation sites is 1. The van der Waals surface area contributed by atoms with E-state index in [4.69, 9.17) is 4.74 Å². The minimum absolute atomic E-state index is 0.294. The Bertz CT molecular complexity index is 795. The van der Waals surface area contributed by atoms with E-state index >= 15 is 0 Å². The molecule has 0 amide bonds. The molecule has 2 nitrogen and oxygen atoms in total. The summed E-state index contributed by atoms with van der Waals surface area (Å²) >= 11 is 3.28. The van der Waals surface area contributed by atoms with E-state index in [1.165, 1.54) is 9.79 Å². The standard InChI is InChI=1S/C21H18BrO2S/c1-16(22)21(23)24-19-14-8-9-15-20(19)25(17-10-4-2-5-11-17)18-12-6-3-7-13-18/h2-16H,1H3/q+1. The van der Waals surface area contributed by atoms with Gasteiger partial charge >= 0.3 is 5.97 Å². The molecule has 0 aliphatic heterocycles. The zero-order valence-corrected chi connectivity index (χ0v) is 16.2. The molecule has 1 unspecified atom stereocenters. The minimum atomic E-state index is -0.351. The largest absolute Gasteiger partial charge is 0.420 e. The smallest absolute Gasteiger partial charge is 0.325 e. The molecule has 0 saturated heterocycles. The molecule has 3 rings (SSSR count). The maximum Gasteiger partial charge on any atom is 0.325 e. The summed E-state index contributed by atoms with van der Waals surface area (Å²) in [6, 6.07) is 28.4. The molecule has 0 saturated carbocycles. The van der Waals surface area contributed by atoms with Gasteiger partial charge in [-0.15, -0.1) is 0 Å². The van der Waals surface area contributed by atoms with Crippen LogP contribution in [0.4, 0.5) is 0 Å². The Morgan fingerprint density at radius 3 is 1.84 bits per heavy atom. The fourth-order valence-corrected chi connectivity index (χ4v) is 4.65. The zero-order chi connectivity index (χ0) is 17.6. The van der Waals surface area contributed by atoms with Crippen LogP contribution >= 0.6 is 15.9 Å². The zero-order valence-electron chi connectivity index (χ0n) is 13.8. The maximum atomic E-state index is 12.1. The number of rotatable bonds is 5. The lowest BCUT2D eigenvalue weighted by atomic mass is 10.3. The predicted molar refractivity (Wildman–Crippen MR) is 106 cm³/mol. The van der Waals surface area contributed by atoms with Gasteiger partial charge < -0.3 is 4.74 Å². The Kier molecular flexibility index (Phi) is 5.95. The number of halogens is 1. The molecule has 3 aromatic carbocycles. The summed E-state index contributed by atoms with van der Waals surface area (Å²) in [4.78, 5) is 15.1. The second kappa shape index (κ2) is 8.37. The summed E-state index contributed by atoms with van der Waals surface area (Å²) in [6.45, 7) is 1.76. The van der Waals surface area contributed by atoms with Crippen LogP contribution < -0.4 is 4.74 Å². The van der Waals surface area contributed by atoms with Crippen molar-refractivity contribution in [2.75, 3.05) is 0 Å². The van der Waals surface area contributed by atoms with Crippen LogP contribution in [0.25, 0.3) is 0 Å². The van der Waals surface area contributed by atoms with E-state index in [1.807, 2.05) is 60.7 Å². The Morgan fingerprint density at radius 2 is 1.32 bits per heavy atom. The van der Waals surface area contributed by atoms with Crippen molar-refractivity contribution in [1.29, 1.82) is 0 Å². The number of alkyl halides is 1. The third-order valence-electron chi connectivity index (χ3n) is 3.56. The molecule has 0 heterocycles. The van der Waals surface area contributed by atoms with Crippen molar-refractivity contribution in [3.63, 3.8) is 0 Å². The molecule has 0 bridgehead atoms. The fraction of sp³-hybridized carbons (Fsp3) is 0.0952. The van der Waals surface area contributed by atoms with Gasteiger partial charge in [0.05, 0.1) is 0 Å². The van der Waals surface area contributed by atoms with Crippen LogP contribution in [0, 0.1) is 0 Å². The van der Waals surface area contributed by atoms with Crippen LogP contribution in [0.5, 0.6) is 5.75 Å². The minimum Gasteiger partial charge on any atom is -0.420 e. The van der Waals surface area contributed by atoms with Gasteiger partial charge in [-0.05, 0) is 43.3 Å². The summed E-state index contributed by atoms with van der Waals surface area (Å²) < 4.78 is 5.65. The second-order valence-electron chi connectivity index (χ2n) is 5.42. The maximum absolute atomic E-state index is 12.1. The molecular weight excluding hydrogens is 396 g/mol. The van der Waals surface area contributed by atoms with E-state index in [-0.39, 0.29) is 21.7 Å². The first-order valence-electron chi connectivity index (χ1n) is 7.96. The monoisotopic (exact) mass is 413 g/mol. The van der Waals surface area contributed by atoms with E-state index < -0.39 is 0 Å². The highest BCUT2D eigenvalue weighted by molar-refractivity contribution is 9.10. The van der Waals surface area contributed by atoms with Crippen molar-refractivity contribution in [3.8, 4) is 5.75 Å². The molecule has 0 N–H and O–H groups in total. The van der Waals surface area contributed by atoms with Crippen molar-refractivity contribution in [2.24, 2.45) is 0 Å². The molecule has 25 heavy (non-hydrogen) atoms. The molecule has 0 radical (unpaired) electrons. The molecule has 1 atom stereocenters. The van der Waals surface area contributed by atoms with Gasteiger partial charge in [-0.1, -0.05) is 64.5 Å². The second-order valence-corrected chi connectivity index (χ2v) is 8.78. The van der Waals surface area contributed by atoms with Gasteiger partial charge in [-0.3, -0.25) is 4.79 Å². The third kappa shape index (κ3) is 4.33. The fourth-order valence-electron chi connectivity index (χ4n) is 2.40. The highest BCUT2D eigenvalue weighted by atomic mass is 79.9. The number of carbonyl (C=O) groups excluding carboxylic acids is 1. The predicted octanol–water partition coefficient (Wildman–Crippen LogP) is 5.47. The highest BCUT2D eigenvalue weighted by Crippen LogP contribution is 2.36. The lowest BCUT2D eigenvalue weighted by molar-refractivity contribution is -0.133. The molecule has 0 spiro atoms. The van der Waals surface area contributed by atoms with Crippen LogP contribution in [-0.2, 0) is 15.7 Å². The van der Waals surface area contributed by atoms with Gasteiger partial charge in [0, 0.05) is 0 Å². The lowest BCUT2D eigenvalue weighted by Gasteiger charge is -2.12. The molecule has 126 valence electrons. The Labute approximate surface area is 159 Å². The average Bonchev–Trinajstić information content (AvgIpc) is 2.65. The number of benzene rings is 3. The van der Waals surface area contributed by atoms with Crippen LogP contribution in [-0.4, -0.2) is 10.8 Å². The number of hydrogen-bond donors (Lipinski definition) is 0. The van der Waals surface area contributed by atoms with E-state index in [9.17, 15) is 4.79 Å². The first-order chi connectivity index (χ1) is 12.2. The Balaban J connectivity index is 2.10. The lowest BCUT2D eigenvalue weighted by Crippen LogP contribution is -2.18. The molecule has 0 aliphatic carbocycles. The molecule has 3 aromatic rings. The van der Waals surface area contributed by atoms with Gasteiger partial charge in [-0.25, -0.2) is 0 Å². The van der Waals surface area contributed by atoms with Crippen LogP contribution in [0.15, 0.2) is 99.6 Å². The summed E-state index contributed by atoms with van der Waals surface area (Å²) in [5.74, 6) is 0.312. The van der Waals surface area contributed by atoms with E-state index in [1.54, 1.807) is 6.92 Å². The third-order valence-corrected chi connectivity index (χ3v) is 6.20. The van der Waals surface area contributed by atoms with Crippen molar-refractivity contribution >= 4 is 32.8 Å². The van der Waals surface area contributed by atoms with Crippen molar-refractivity contribution < 1.29 is 9.53 Å².